The van der Waals surface area contributed by atoms with E-state index >= 15 is 0 Å². The first-order chi connectivity index (χ1) is 17.2. The summed E-state index contributed by atoms with van der Waals surface area (Å²) in [7, 11) is 0. The predicted octanol–water partition coefficient (Wildman–Crippen LogP) is 5.45. The van der Waals surface area contributed by atoms with Crippen LogP contribution in [0.15, 0.2) is 58.4 Å². The lowest BCUT2D eigenvalue weighted by Gasteiger charge is -2.36. The molecule has 2 aliphatic heterocycles. The van der Waals surface area contributed by atoms with E-state index in [-0.39, 0.29) is 17.5 Å². The number of hydrogen-bond donors (Lipinski definition) is 0. The number of aromatic nitrogens is 2. The van der Waals surface area contributed by atoms with Crippen LogP contribution in [0.3, 0.4) is 0 Å². The summed E-state index contributed by atoms with van der Waals surface area (Å²) >= 11 is 6.87. The minimum absolute atomic E-state index is 0.175. The van der Waals surface area contributed by atoms with E-state index in [2.05, 4.69) is 18.7 Å². The van der Waals surface area contributed by atoms with Crippen LogP contribution in [-0.4, -0.2) is 37.6 Å². The van der Waals surface area contributed by atoms with Gasteiger partial charge in [0.05, 0.1) is 16.5 Å². The fourth-order valence-corrected chi connectivity index (χ4v) is 6.73. The molecule has 36 heavy (non-hydrogen) atoms. The molecule has 3 aromatic rings. The molecule has 0 spiro atoms. The van der Waals surface area contributed by atoms with Crippen LogP contribution in [0, 0.1) is 18.8 Å². The Hall–Kier alpha value is -2.97. The third kappa shape index (κ3) is 4.48. The Morgan fingerprint density at radius 2 is 1.78 bits per heavy atom. The minimum Gasteiger partial charge on any atom is -0.355 e. The zero-order valence-corrected chi connectivity index (χ0v) is 22.6. The molecule has 0 bridgehead atoms. The average Bonchev–Trinajstić information content (AvgIpc) is 3.13. The Labute approximate surface area is 221 Å². The van der Waals surface area contributed by atoms with E-state index in [9.17, 15) is 9.59 Å². The molecule has 0 unspecified atom stereocenters. The summed E-state index contributed by atoms with van der Waals surface area (Å²) in [5.74, 6) is 1.45. The van der Waals surface area contributed by atoms with E-state index in [4.69, 9.17) is 17.2 Å². The number of nitrogens with zero attached hydrogens (tertiary/aromatic N) is 4. The number of carbonyl (C=O) groups is 1. The number of aryl methyl sites for hydroxylation is 1. The Morgan fingerprint density at radius 1 is 1.08 bits per heavy atom. The molecule has 2 aromatic heterocycles. The molecule has 0 saturated carbocycles. The Balaban J connectivity index is 1.62. The van der Waals surface area contributed by atoms with Crippen molar-refractivity contribution >= 4 is 51.7 Å². The molecule has 3 atom stereocenters. The molecule has 186 valence electrons. The quantitative estimate of drug-likeness (QED) is 0.338. The van der Waals surface area contributed by atoms with E-state index in [0.717, 1.165) is 30.6 Å². The van der Waals surface area contributed by atoms with Crippen molar-refractivity contribution in [2.24, 2.45) is 11.8 Å². The maximum Gasteiger partial charge on any atom is 0.267 e. The Kier molecular flexibility index (Phi) is 6.74. The van der Waals surface area contributed by atoms with Crippen molar-refractivity contribution in [1.29, 1.82) is 0 Å². The summed E-state index contributed by atoms with van der Waals surface area (Å²) in [5, 5.41) is 0. The van der Waals surface area contributed by atoms with Crippen molar-refractivity contribution in [2.75, 3.05) is 18.0 Å². The molecular formula is C28H30N4O2S2. The number of piperidine rings is 1. The van der Waals surface area contributed by atoms with Crippen LogP contribution in [-0.2, 0) is 4.79 Å². The highest BCUT2D eigenvalue weighted by molar-refractivity contribution is 8.26. The van der Waals surface area contributed by atoms with Gasteiger partial charge in [-0.15, -0.1) is 0 Å². The van der Waals surface area contributed by atoms with Crippen molar-refractivity contribution in [3.63, 3.8) is 0 Å². The summed E-state index contributed by atoms with van der Waals surface area (Å²) < 4.78 is 2.07. The number of hydrogen-bond acceptors (Lipinski definition) is 6. The van der Waals surface area contributed by atoms with Crippen LogP contribution in [0.1, 0.15) is 49.9 Å². The number of amides is 1. The Morgan fingerprint density at radius 3 is 2.47 bits per heavy atom. The van der Waals surface area contributed by atoms with Gasteiger partial charge in [-0.25, -0.2) is 4.98 Å². The van der Waals surface area contributed by atoms with Gasteiger partial charge < -0.3 is 4.90 Å². The molecule has 0 radical (unpaired) electrons. The van der Waals surface area contributed by atoms with E-state index in [1.807, 2.05) is 56.3 Å². The molecule has 6 nitrogen and oxygen atoms in total. The van der Waals surface area contributed by atoms with E-state index < -0.39 is 0 Å². The van der Waals surface area contributed by atoms with E-state index in [0.29, 0.717) is 38.1 Å². The zero-order chi connectivity index (χ0) is 25.6. The van der Waals surface area contributed by atoms with Gasteiger partial charge in [0.15, 0.2) is 0 Å². The summed E-state index contributed by atoms with van der Waals surface area (Å²) in [5.41, 5.74) is 2.85. The van der Waals surface area contributed by atoms with Crippen LogP contribution in [0.2, 0.25) is 0 Å². The maximum absolute atomic E-state index is 13.8. The second-order valence-corrected chi connectivity index (χ2v) is 11.7. The number of fused-ring (bicyclic) bond motifs is 1. The van der Waals surface area contributed by atoms with Crippen LogP contribution in [0.4, 0.5) is 5.82 Å². The van der Waals surface area contributed by atoms with Gasteiger partial charge in [0.1, 0.15) is 15.8 Å². The molecule has 0 N–H and O–H groups in total. The number of pyridine rings is 1. The third-order valence-electron chi connectivity index (χ3n) is 7.00. The van der Waals surface area contributed by atoms with Gasteiger partial charge in [-0.2, -0.15) is 0 Å². The second-order valence-electron chi connectivity index (χ2n) is 10.0. The highest BCUT2D eigenvalue weighted by Gasteiger charge is 2.37. The molecule has 1 aromatic carbocycles. The summed E-state index contributed by atoms with van der Waals surface area (Å²) in [6.07, 6.45) is 4.59. The van der Waals surface area contributed by atoms with Gasteiger partial charge in [-0.3, -0.25) is 18.9 Å². The van der Waals surface area contributed by atoms with Crippen molar-refractivity contribution < 1.29 is 4.79 Å². The highest BCUT2D eigenvalue weighted by Crippen LogP contribution is 2.39. The topological polar surface area (TPSA) is 57.9 Å². The Bertz CT molecular complexity index is 1420. The minimum atomic E-state index is -0.202. The second kappa shape index (κ2) is 9.82. The number of thiocarbonyl (C=S) groups is 1. The number of anilines is 1. The smallest absolute Gasteiger partial charge is 0.267 e. The van der Waals surface area contributed by atoms with Crippen molar-refractivity contribution in [2.45, 2.75) is 40.2 Å². The first-order valence-corrected chi connectivity index (χ1v) is 13.6. The molecule has 2 fully saturated rings. The molecule has 4 heterocycles. The van der Waals surface area contributed by atoms with Crippen LogP contribution in [0.5, 0.6) is 0 Å². The molecule has 2 aliphatic rings. The standard InChI is InChI=1S/C28H30N4O2S2/c1-17-13-18(2)16-30(15-17)25-22(26(33)31-12-8-9-19(3)24(31)29-25)14-23-27(34)32(28(35)36-23)20(4)21-10-6-5-7-11-21/h5-12,14,17-18,20H,13,15-16H2,1-4H3/b23-14-/t17-,18-,20-/m0/s1. The summed E-state index contributed by atoms with van der Waals surface area (Å²) in [4.78, 5) is 36.7. The third-order valence-corrected chi connectivity index (χ3v) is 8.33. The molecule has 1 amide bonds. The van der Waals surface area contributed by atoms with Gasteiger partial charge in [0, 0.05) is 19.3 Å². The molecule has 8 heteroatoms. The van der Waals surface area contributed by atoms with Crippen molar-refractivity contribution in [3.8, 4) is 0 Å². The van der Waals surface area contributed by atoms with Crippen LogP contribution >= 0.6 is 24.0 Å². The number of thioether (sulfide) groups is 1. The van der Waals surface area contributed by atoms with Crippen LogP contribution in [0.25, 0.3) is 11.7 Å². The fraction of sp³-hybridized carbons (Fsp3) is 0.357. The van der Waals surface area contributed by atoms with E-state index in [1.165, 1.54) is 11.8 Å². The van der Waals surface area contributed by atoms with Gasteiger partial charge in [0.25, 0.3) is 11.5 Å². The highest BCUT2D eigenvalue weighted by atomic mass is 32.2. The number of benzene rings is 1. The molecule has 2 saturated heterocycles. The SMILES string of the molecule is Cc1cccn2c(=O)c(/C=C3\SC(=S)N([C@@H](C)c4ccccc4)C3=O)c(N3C[C@@H](C)C[C@H](C)C3)nc12. The predicted molar refractivity (Wildman–Crippen MR) is 151 cm³/mol. The largest absolute Gasteiger partial charge is 0.355 e. The number of rotatable bonds is 4. The fourth-order valence-electron chi connectivity index (χ4n) is 5.33. The van der Waals surface area contributed by atoms with Gasteiger partial charge in [0.2, 0.25) is 0 Å². The molecular weight excluding hydrogens is 488 g/mol. The lowest BCUT2D eigenvalue weighted by molar-refractivity contribution is -0.123. The normalized spacial score (nSPS) is 22.6. The van der Waals surface area contributed by atoms with Gasteiger partial charge in [-0.1, -0.05) is 74.2 Å². The summed E-state index contributed by atoms with van der Waals surface area (Å²) in [6, 6.07) is 13.4. The summed E-state index contributed by atoms with van der Waals surface area (Å²) in [6.45, 7) is 10.1. The van der Waals surface area contributed by atoms with Crippen molar-refractivity contribution in [3.05, 3.63) is 80.6 Å². The first-order valence-electron chi connectivity index (χ1n) is 12.3. The lowest BCUT2D eigenvalue weighted by atomic mass is 9.91. The average molecular weight is 519 g/mol. The molecule has 0 aliphatic carbocycles. The first kappa shape index (κ1) is 24.7. The maximum atomic E-state index is 13.8. The van der Waals surface area contributed by atoms with Gasteiger partial charge >= 0.3 is 0 Å². The molecule has 5 rings (SSSR count). The van der Waals surface area contributed by atoms with Gasteiger partial charge in [-0.05, 0) is 55.4 Å². The van der Waals surface area contributed by atoms with E-state index in [1.54, 1.807) is 21.6 Å². The van der Waals surface area contributed by atoms with Crippen LogP contribution < -0.4 is 10.5 Å². The van der Waals surface area contributed by atoms with Crippen molar-refractivity contribution in [1.82, 2.24) is 14.3 Å². The number of carbonyl (C=O) groups excluding carboxylic acids is 1. The zero-order valence-electron chi connectivity index (χ0n) is 21.0. The monoisotopic (exact) mass is 518 g/mol. The lowest BCUT2D eigenvalue weighted by Crippen LogP contribution is -2.40.